The Balaban J connectivity index is 2.05. The third kappa shape index (κ3) is 2.71. The van der Waals surface area contributed by atoms with Gasteiger partial charge in [0.1, 0.15) is 11.6 Å². The summed E-state index contributed by atoms with van der Waals surface area (Å²) in [5.41, 5.74) is -1.13. The van der Waals surface area contributed by atoms with Crippen molar-refractivity contribution in [3.63, 3.8) is 0 Å². The number of amides is 2. The third-order valence-electron chi connectivity index (χ3n) is 3.45. The van der Waals surface area contributed by atoms with Crippen molar-refractivity contribution >= 4 is 17.7 Å². The van der Waals surface area contributed by atoms with E-state index in [2.05, 4.69) is 5.32 Å². The second-order valence-corrected chi connectivity index (χ2v) is 5.09. The van der Waals surface area contributed by atoms with Gasteiger partial charge < -0.3 is 15.3 Å². The van der Waals surface area contributed by atoms with Crippen LogP contribution in [0.2, 0.25) is 0 Å². The number of nitrogens with zero attached hydrogens (tertiary/aromatic N) is 1. The zero-order valence-electron chi connectivity index (χ0n) is 10.8. The van der Waals surface area contributed by atoms with Crippen LogP contribution in [-0.4, -0.2) is 35.1 Å². The first kappa shape index (κ1) is 14.2. The first-order valence-electron chi connectivity index (χ1n) is 6.06. The van der Waals surface area contributed by atoms with Gasteiger partial charge in [-0.3, -0.25) is 4.79 Å². The van der Waals surface area contributed by atoms with Gasteiger partial charge in [-0.05, 0) is 25.5 Å². The van der Waals surface area contributed by atoms with Crippen molar-refractivity contribution in [1.82, 2.24) is 4.90 Å². The van der Waals surface area contributed by atoms with Crippen LogP contribution in [0, 0.1) is 17.0 Å². The highest BCUT2D eigenvalue weighted by atomic mass is 19.1. The van der Waals surface area contributed by atoms with Gasteiger partial charge in [0.2, 0.25) is 0 Å². The minimum absolute atomic E-state index is 0.0526. The summed E-state index contributed by atoms with van der Waals surface area (Å²) in [4.78, 5) is 24.3. The summed E-state index contributed by atoms with van der Waals surface area (Å²) < 4.78 is 26.2. The molecule has 1 aromatic rings. The fourth-order valence-corrected chi connectivity index (χ4v) is 2.09. The summed E-state index contributed by atoms with van der Waals surface area (Å²) in [7, 11) is 0. The van der Waals surface area contributed by atoms with Gasteiger partial charge in [-0.2, -0.15) is 0 Å². The van der Waals surface area contributed by atoms with Crippen LogP contribution in [0.15, 0.2) is 18.2 Å². The lowest BCUT2D eigenvalue weighted by molar-refractivity contribution is -0.146. The number of carbonyl (C=O) groups excluding carboxylic acids is 1. The van der Waals surface area contributed by atoms with Gasteiger partial charge in [0.05, 0.1) is 11.1 Å². The Kier molecular flexibility index (Phi) is 3.61. The van der Waals surface area contributed by atoms with Gasteiger partial charge in [-0.25, -0.2) is 13.6 Å². The summed E-state index contributed by atoms with van der Waals surface area (Å²) in [5, 5.41) is 11.4. The molecule has 2 amide bonds. The van der Waals surface area contributed by atoms with E-state index in [0.717, 1.165) is 12.1 Å². The highest BCUT2D eigenvalue weighted by Gasteiger charge is 2.42. The Morgan fingerprint density at radius 1 is 1.40 bits per heavy atom. The lowest BCUT2D eigenvalue weighted by Gasteiger charge is -2.20. The number of carboxylic acids is 1. The number of halogens is 2. The SMILES string of the molecule is CC1(C(=O)O)CCN(C(=O)Nc2ccc(F)cc2F)C1. The van der Waals surface area contributed by atoms with Crippen molar-refractivity contribution in [2.75, 3.05) is 18.4 Å². The molecule has 2 N–H and O–H groups in total. The van der Waals surface area contributed by atoms with E-state index < -0.39 is 29.0 Å². The molecule has 0 spiro atoms. The standard InChI is InChI=1S/C13H14F2N2O3/c1-13(11(18)19)4-5-17(7-13)12(20)16-10-3-2-8(14)6-9(10)15/h2-3,6H,4-5,7H2,1H3,(H,16,20)(H,18,19). The molecule has 0 aromatic heterocycles. The summed E-state index contributed by atoms with van der Waals surface area (Å²) in [6, 6.07) is 2.22. The molecular weight excluding hydrogens is 270 g/mol. The maximum Gasteiger partial charge on any atom is 0.321 e. The Morgan fingerprint density at radius 3 is 2.65 bits per heavy atom. The van der Waals surface area contributed by atoms with Crippen LogP contribution in [0.25, 0.3) is 0 Å². The number of likely N-dealkylation sites (tertiary alicyclic amines) is 1. The van der Waals surface area contributed by atoms with Gasteiger partial charge in [-0.15, -0.1) is 0 Å². The third-order valence-corrected chi connectivity index (χ3v) is 3.45. The van der Waals surface area contributed by atoms with Gasteiger partial charge in [0.15, 0.2) is 0 Å². The molecule has 1 unspecified atom stereocenters. The van der Waals surface area contributed by atoms with Crippen molar-refractivity contribution in [2.24, 2.45) is 5.41 Å². The Bertz CT molecular complexity index is 565. The van der Waals surface area contributed by atoms with Gasteiger partial charge in [-0.1, -0.05) is 0 Å². The van der Waals surface area contributed by atoms with Gasteiger partial charge in [0.25, 0.3) is 0 Å². The van der Waals surface area contributed by atoms with E-state index in [0.29, 0.717) is 12.5 Å². The summed E-state index contributed by atoms with van der Waals surface area (Å²) >= 11 is 0. The van der Waals surface area contributed by atoms with Crippen molar-refractivity contribution in [3.05, 3.63) is 29.8 Å². The molecule has 20 heavy (non-hydrogen) atoms. The molecule has 0 radical (unpaired) electrons. The summed E-state index contributed by atoms with van der Waals surface area (Å²) in [6.07, 6.45) is 0.335. The van der Waals surface area contributed by atoms with Crippen molar-refractivity contribution in [1.29, 1.82) is 0 Å². The van der Waals surface area contributed by atoms with Crippen LogP contribution in [-0.2, 0) is 4.79 Å². The zero-order valence-corrected chi connectivity index (χ0v) is 10.8. The number of hydrogen-bond acceptors (Lipinski definition) is 2. The molecule has 2 rings (SSSR count). The molecule has 108 valence electrons. The maximum atomic E-state index is 13.4. The smallest absolute Gasteiger partial charge is 0.321 e. The van der Waals surface area contributed by atoms with E-state index >= 15 is 0 Å². The normalized spacial score (nSPS) is 21.9. The lowest BCUT2D eigenvalue weighted by Crippen LogP contribution is -2.37. The van der Waals surface area contributed by atoms with Crippen molar-refractivity contribution < 1.29 is 23.5 Å². The number of anilines is 1. The molecule has 1 aliphatic heterocycles. The number of rotatable bonds is 2. The van der Waals surface area contributed by atoms with E-state index in [1.165, 1.54) is 4.90 Å². The molecule has 1 aliphatic rings. The molecule has 1 atom stereocenters. The van der Waals surface area contributed by atoms with E-state index in [1.807, 2.05) is 0 Å². The quantitative estimate of drug-likeness (QED) is 0.875. The fourth-order valence-electron chi connectivity index (χ4n) is 2.09. The molecule has 7 heteroatoms. The van der Waals surface area contributed by atoms with Gasteiger partial charge in [0, 0.05) is 19.2 Å². The Morgan fingerprint density at radius 2 is 2.10 bits per heavy atom. The van der Waals surface area contributed by atoms with E-state index in [-0.39, 0.29) is 18.8 Å². The molecule has 5 nitrogen and oxygen atoms in total. The minimum Gasteiger partial charge on any atom is -0.481 e. The molecule has 0 aliphatic carbocycles. The van der Waals surface area contributed by atoms with E-state index in [4.69, 9.17) is 5.11 Å². The topological polar surface area (TPSA) is 69.6 Å². The first-order valence-corrected chi connectivity index (χ1v) is 6.06. The number of nitrogens with one attached hydrogen (secondary N) is 1. The zero-order chi connectivity index (χ0) is 14.9. The number of urea groups is 1. The Labute approximate surface area is 114 Å². The van der Waals surface area contributed by atoms with Crippen LogP contribution < -0.4 is 5.32 Å². The van der Waals surface area contributed by atoms with Crippen LogP contribution in [0.1, 0.15) is 13.3 Å². The van der Waals surface area contributed by atoms with Crippen LogP contribution >= 0.6 is 0 Å². The number of carboxylic acid groups (broad SMARTS) is 1. The number of hydrogen-bond donors (Lipinski definition) is 2. The first-order chi connectivity index (χ1) is 9.32. The van der Waals surface area contributed by atoms with Gasteiger partial charge >= 0.3 is 12.0 Å². The summed E-state index contributed by atoms with van der Waals surface area (Å²) in [6.45, 7) is 1.88. The second kappa shape index (κ2) is 5.07. The molecular formula is C13H14F2N2O3. The van der Waals surface area contributed by atoms with Crippen molar-refractivity contribution in [2.45, 2.75) is 13.3 Å². The molecule has 1 heterocycles. The summed E-state index contributed by atoms with van der Waals surface area (Å²) in [5.74, 6) is -2.58. The average Bonchev–Trinajstić information content (AvgIpc) is 2.77. The second-order valence-electron chi connectivity index (χ2n) is 5.09. The van der Waals surface area contributed by atoms with E-state index in [9.17, 15) is 18.4 Å². The molecule has 0 bridgehead atoms. The monoisotopic (exact) mass is 284 g/mol. The number of benzene rings is 1. The predicted molar refractivity (Wildman–Crippen MR) is 67.3 cm³/mol. The highest BCUT2D eigenvalue weighted by molar-refractivity contribution is 5.90. The van der Waals surface area contributed by atoms with E-state index in [1.54, 1.807) is 6.92 Å². The lowest BCUT2D eigenvalue weighted by atomic mass is 9.90. The largest absolute Gasteiger partial charge is 0.481 e. The van der Waals surface area contributed by atoms with Crippen LogP contribution in [0.5, 0.6) is 0 Å². The fraction of sp³-hybridized carbons (Fsp3) is 0.385. The molecule has 0 saturated carbocycles. The maximum absolute atomic E-state index is 13.4. The molecule has 1 aromatic carbocycles. The van der Waals surface area contributed by atoms with Crippen LogP contribution in [0.3, 0.4) is 0 Å². The van der Waals surface area contributed by atoms with Crippen LogP contribution in [0.4, 0.5) is 19.3 Å². The minimum atomic E-state index is -0.987. The average molecular weight is 284 g/mol. The predicted octanol–water partition coefficient (Wildman–Crippen LogP) is 2.29. The molecule has 1 fully saturated rings. The number of aliphatic carboxylic acids is 1. The number of carbonyl (C=O) groups is 2. The molecule has 1 saturated heterocycles. The Hall–Kier alpha value is -2.18. The highest BCUT2D eigenvalue weighted by Crippen LogP contribution is 2.30. The van der Waals surface area contributed by atoms with Crippen molar-refractivity contribution in [3.8, 4) is 0 Å².